The van der Waals surface area contributed by atoms with Crippen LogP contribution in [0.5, 0.6) is 0 Å². The molecule has 2 heterocycles. The van der Waals surface area contributed by atoms with Crippen molar-refractivity contribution >= 4 is 35.6 Å². The molecule has 0 aliphatic carbocycles. The van der Waals surface area contributed by atoms with Crippen LogP contribution in [0.2, 0.25) is 0 Å². The van der Waals surface area contributed by atoms with Crippen LogP contribution in [0, 0.1) is 0 Å². The van der Waals surface area contributed by atoms with Crippen LogP contribution in [0.25, 0.3) is 0 Å². The predicted octanol–water partition coefficient (Wildman–Crippen LogP) is -0.363. The fraction of sp³-hybridized carbons (Fsp3) is 0.556. The average Bonchev–Trinajstić information content (AvgIpc) is 2.69. The summed E-state index contributed by atoms with van der Waals surface area (Å²) in [5, 5.41) is 9.26. The Bertz CT molecular complexity index is 591. The lowest BCUT2D eigenvalue weighted by Gasteiger charge is -2.19. The number of nitrogens with zero attached hydrogens (tertiary/aromatic N) is 2. The van der Waals surface area contributed by atoms with Gasteiger partial charge in [0.05, 0.1) is 12.7 Å². The van der Waals surface area contributed by atoms with Crippen LogP contribution in [0.3, 0.4) is 0 Å². The lowest BCUT2D eigenvalue weighted by atomic mass is 10.2. The van der Waals surface area contributed by atoms with E-state index in [0.717, 1.165) is 0 Å². The van der Waals surface area contributed by atoms with E-state index >= 15 is 0 Å². The van der Waals surface area contributed by atoms with E-state index in [1.807, 2.05) is 0 Å². The van der Waals surface area contributed by atoms with Crippen molar-refractivity contribution in [1.82, 2.24) is 9.55 Å². The predicted molar refractivity (Wildman–Crippen MR) is 78.9 cm³/mol. The summed E-state index contributed by atoms with van der Waals surface area (Å²) in [6.45, 7) is -0.332. The van der Waals surface area contributed by atoms with Crippen molar-refractivity contribution in [2.45, 2.75) is 24.9 Å². The zero-order chi connectivity index (χ0) is 14.9. The Morgan fingerprint density at radius 1 is 1.75 bits per heavy atom. The summed E-state index contributed by atoms with van der Waals surface area (Å²) < 4.78 is 12.0. The molecule has 0 radical (unpaired) electrons. The number of thiol groups is 1. The van der Waals surface area contributed by atoms with Crippen molar-refractivity contribution in [2.75, 3.05) is 12.3 Å². The van der Waals surface area contributed by atoms with Gasteiger partial charge in [0.1, 0.15) is 18.1 Å². The number of aromatic nitrogens is 2. The summed E-state index contributed by atoms with van der Waals surface area (Å²) in [5.41, 5.74) is 1.65. The van der Waals surface area contributed by atoms with E-state index in [9.17, 15) is 14.8 Å². The molecule has 0 amide bonds. The molecule has 1 saturated heterocycles. The first-order valence-electron chi connectivity index (χ1n) is 5.65. The molecule has 1 fully saturated rings. The average molecular weight is 339 g/mol. The molecule has 0 saturated carbocycles. The van der Waals surface area contributed by atoms with Crippen molar-refractivity contribution in [2.24, 2.45) is 0 Å². The van der Waals surface area contributed by atoms with Crippen LogP contribution in [0.1, 0.15) is 12.6 Å². The molecule has 1 unspecified atom stereocenters. The number of hydrogen-bond acceptors (Lipinski definition) is 7. The topological polar surface area (TPSA) is 120 Å². The van der Waals surface area contributed by atoms with E-state index < -0.39 is 29.8 Å². The van der Waals surface area contributed by atoms with Crippen molar-refractivity contribution in [1.29, 1.82) is 0 Å². The summed E-state index contributed by atoms with van der Waals surface area (Å²) in [4.78, 5) is 24.8. The molecule has 1 aliphatic rings. The Hall–Kier alpha value is -0.480. The van der Waals surface area contributed by atoms with Gasteiger partial charge in [0.15, 0.2) is 0 Å². The van der Waals surface area contributed by atoms with Gasteiger partial charge in [-0.15, -0.1) is 0 Å². The van der Waals surface area contributed by atoms with Gasteiger partial charge in [0.2, 0.25) is 5.69 Å². The van der Waals surface area contributed by atoms with Crippen molar-refractivity contribution < 1.29 is 19.3 Å². The molecule has 1 aromatic rings. The summed E-state index contributed by atoms with van der Waals surface area (Å²) in [7, 11) is 0. The first-order chi connectivity index (χ1) is 9.30. The van der Waals surface area contributed by atoms with Crippen LogP contribution in [0.4, 0.5) is 5.82 Å². The molecule has 2 rings (SSSR count). The maximum atomic E-state index is 11.7. The highest BCUT2D eigenvalue weighted by Crippen LogP contribution is 2.51. The standard InChI is InChI=1S/C9H14N3O5PS2/c10-7-1-2-12(9(14)11-7)8-3-5(6(4-13)16-8)17-18(15,19)20/h1-2,5-6,8,13H,3-4H2,(H2,10,11,14)(H2,15,19,20)/t5-,6+,8+/m0/s1. The van der Waals surface area contributed by atoms with Gasteiger partial charge in [-0.05, 0) is 17.9 Å². The smallest absolute Gasteiger partial charge is 0.351 e. The molecule has 0 bridgehead atoms. The first kappa shape index (κ1) is 15.9. The number of aliphatic hydroxyl groups is 1. The third-order valence-corrected chi connectivity index (χ3v) is 3.88. The number of ether oxygens (including phenoxy) is 1. The summed E-state index contributed by atoms with van der Waals surface area (Å²) in [6.07, 6.45) is -0.348. The maximum Gasteiger partial charge on any atom is 0.351 e. The maximum absolute atomic E-state index is 11.7. The number of rotatable bonds is 4. The SMILES string of the molecule is Nc1ccn([C@H]2C[C@H](OP(O)(=S)S)[C@@H](CO)O2)c(=O)n1. The third-order valence-electron chi connectivity index (χ3n) is 2.79. The molecule has 8 nitrogen and oxygen atoms in total. The Balaban J connectivity index is 2.20. The van der Waals surface area contributed by atoms with Crippen LogP contribution in [-0.4, -0.2) is 38.4 Å². The molecule has 20 heavy (non-hydrogen) atoms. The second kappa shape index (κ2) is 6.10. The van der Waals surface area contributed by atoms with Crippen LogP contribution < -0.4 is 11.4 Å². The second-order valence-corrected chi connectivity index (χ2v) is 9.34. The molecule has 0 spiro atoms. The summed E-state index contributed by atoms with van der Waals surface area (Å²) >= 11 is 8.48. The largest absolute Gasteiger partial charge is 0.394 e. The van der Waals surface area contributed by atoms with Gasteiger partial charge in [0.25, 0.3) is 0 Å². The number of anilines is 1. The molecular formula is C9H14N3O5PS2. The first-order valence-corrected chi connectivity index (χ1v) is 9.47. The molecule has 11 heteroatoms. The van der Waals surface area contributed by atoms with E-state index in [0.29, 0.717) is 0 Å². The number of aliphatic hydroxyl groups excluding tert-OH is 1. The van der Waals surface area contributed by atoms with E-state index in [1.165, 1.54) is 16.8 Å². The molecule has 4 atom stereocenters. The van der Waals surface area contributed by atoms with E-state index in [1.54, 1.807) is 0 Å². The molecule has 1 aliphatic heterocycles. The Morgan fingerprint density at radius 3 is 3.00 bits per heavy atom. The van der Waals surface area contributed by atoms with Gasteiger partial charge in [-0.3, -0.25) is 4.57 Å². The highest BCUT2D eigenvalue weighted by atomic mass is 32.9. The zero-order valence-electron chi connectivity index (χ0n) is 10.2. The van der Waals surface area contributed by atoms with Crippen LogP contribution in [-0.2, 0) is 21.1 Å². The minimum absolute atomic E-state index is 0.108. The van der Waals surface area contributed by atoms with Crippen molar-refractivity contribution in [3.63, 3.8) is 0 Å². The van der Waals surface area contributed by atoms with E-state index in [2.05, 4.69) is 17.2 Å². The van der Waals surface area contributed by atoms with Gasteiger partial charge in [-0.1, -0.05) is 12.2 Å². The molecular weight excluding hydrogens is 325 g/mol. The fourth-order valence-corrected chi connectivity index (χ4v) is 3.24. The summed E-state index contributed by atoms with van der Waals surface area (Å²) in [5.74, 6) is 0.108. The number of nitrogens with two attached hydrogens (primary N) is 1. The molecule has 4 N–H and O–H groups in total. The Labute approximate surface area is 124 Å². The Morgan fingerprint density at radius 2 is 2.45 bits per heavy atom. The zero-order valence-corrected chi connectivity index (χ0v) is 12.8. The van der Waals surface area contributed by atoms with E-state index in [-0.39, 0.29) is 18.8 Å². The number of nitrogen functional groups attached to an aromatic ring is 1. The quantitative estimate of drug-likeness (QED) is 0.434. The third kappa shape index (κ3) is 3.79. The second-order valence-electron chi connectivity index (χ2n) is 4.22. The number of hydrogen-bond donors (Lipinski definition) is 4. The fourth-order valence-electron chi connectivity index (χ4n) is 1.97. The lowest BCUT2D eigenvalue weighted by molar-refractivity contribution is -0.0415. The van der Waals surface area contributed by atoms with Crippen molar-refractivity contribution in [3.05, 3.63) is 22.7 Å². The van der Waals surface area contributed by atoms with Crippen LogP contribution >= 0.6 is 17.9 Å². The summed E-state index contributed by atoms with van der Waals surface area (Å²) in [6, 6.07) is 1.46. The highest BCUT2D eigenvalue weighted by Gasteiger charge is 2.39. The van der Waals surface area contributed by atoms with Gasteiger partial charge >= 0.3 is 5.69 Å². The molecule has 0 aromatic carbocycles. The Kier molecular flexibility index (Phi) is 4.85. The van der Waals surface area contributed by atoms with Gasteiger partial charge in [0, 0.05) is 12.6 Å². The normalized spacial score (nSPS) is 29.2. The van der Waals surface area contributed by atoms with Gasteiger partial charge in [-0.2, -0.15) is 4.98 Å². The minimum Gasteiger partial charge on any atom is -0.394 e. The monoisotopic (exact) mass is 339 g/mol. The van der Waals surface area contributed by atoms with Gasteiger partial charge < -0.3 is 25.0 Å². The minimum atomic E-state index is -3.19. The highest BCUT2D eigenvalue weighted by molar-refractivity contribution is 8.59. The lowest BCUT2D eigenvalue weighted by Crippen LogP contribution is -2.28. The van der Waals surface area contributed by atoms with Gasteiger partial charge in [-0.25, -0.2) is 4.79 Å². The van der Waals surface area contributed by atoms with Crippen molar-refractivity contribution in [3.8, 4) is 0 Å². The molecule has 112 valence electrons. The molecule has 1 aromatic heterocycles. The van der Waals surface area contributed by atoms with E-state index in [4.69, 9.17) is 26.8 Å². The van der Waals surface area contributed by atoms with Crippen LogP contribution in [0.15, 0.2) is 17.1 Å².